The fourth-order valence-corrected chi connectivity index (χ4v) is 1.51. The molecule has 0 saturated carbocycles. The van der Waals surface area contributed by atoms with Crippen LogP contribution in [0.3, 0.4) is 0 Å². The minimum atomic E-state index is -0.611. The normalized spacial score (nSPS) is 11.7. The number of hydrogen-bond donors (Lipinski definition) is 2. The maximum atomic E-state index is 11.7. The number of hydrogen-bond acceptors (Lipinski definition) is 4. The smallest absolute Gasteiger partial charge is 0.246 e. The molecule has 0 aliphatic heterocycles. The number of ether oxygens (including phenoxy) is 1. The molecule has 0 fully saturated rings. The van der Waals surface area contributed by atoms with Crippen LogP contribution < -0.4 is 10.6 Å². The Morgan fingerprint density at radius 3 is 2.61 bits per heavy atom. The van der Waals surface area contributed by atoms with E-state index in [2.05, 4.69) is 15.6 Å². The molecule has 1 atom stereocenters. The molecule has 2 N–H and O–H groups in total. The van der Waals surface area contributed by atoms with Gasteiger partial charge in [0.05, 0.1) is 0 Å². The predicted molar refractivity (Wildman–Crippen MR) is 65.8 cm³/mol. The molecule has 1 rings (SSSR count). The maximum Gasteiger partial charge on any atom is 0.246 e. The van der Waals surface area contributed by atoms with Crippen molar-refractivity contribution in [3.63, 3.8) is 0 Å². The highest BCUT2D eigenvalue weighted by molar-refractivity contribution is 5.88. The van der Waals surface area contributed by atoms with Gasteiger partial charge in [0.2, 0.25) is 11.8 Å². The number of pyridine rings is 1. The van der Waals surface area contributed by atoms with E-state index in [9.17, 15) is 9.59 Å². The van der Waals surface area contributed by atoms with Gasteiger partial charge in [-0.1, -0.05) is 0 Å². The standard InChI is InChI=1S/C12H17N3O3/c1-13-12(17)10(15-11(16)8-18-2)7-9-3-5-14-6-4-9/h3-6,10H,7-8H2,1-2H3,(H,13,17)(H,15,16)/t10-/m0/s1. The Bertz CT molecular complexity index is 395. The molecule has 6 nitrogen and oxygen atoms in total. The molecule has 2 amide bonds. The van der Waals surface area contributed by atoms with Crippen LogP contribution >= 0.6 is 0 Å². The molecular formula is C12H17N3O3. The van der Waals surface area contributed by atoms with E-state index in [0.717, 1.165) is 5.56 Å². The van der Waals surface area contributed by atoms with Crippen LogP contribution in [-0.2, 0) is 20.7 Å². The van der Waals surface area contributed by atoms with Crippen molar-refractivity contribution in [2.75, 3.05) is 20.8 Å². The van der Waals surface area contributed by atoms with Gasteiger partial charge in [-0.3, -0.25) is 14.6 Å². The molecule has 0 unspecified atom stereocenters. The second kappa shape index (κ2) is 7.39. The largest absolute Gasteiger partial charge is 0.375 e. The number of aromatic nitrogens is 1. The SMILES string of the molecule is CNC(=O)[C@H](Cc1ccncc1)NC(=O)COC. The van der Waals surface area contributed by atoms with Crippen LogP contribution in [0.25, 0.3) is 0 Å². The highest BCUT2D eigenvalue weighted by Gasteiger charge is 2.19. The number of carbonyl (C=O) groups is 2. The third-order valence-corrected chi connectivity index (χ3v) is 2.36. The lowest BCUT2D eigenvalue weighted by atomic mass is 10.1. The molecule has 1 aromatic rings. The van der Waals surface area contributed by atoms with E-state index in [1.165, 1.54) is 14.2 Å². The highest BCUT2D eigenvalue weighted by Crippen LogP contribution is 2.02. The van der Waals surface area contributed by atoms with E-state index in [-0.39, 0.29) is 18.4 Å². The second-order valence-corrected chi connectivity index (χ2v) is 3.73. The first-order valence-electron chi connectivity index (χ1n) is 5.56. The molecule has 0 saturated heterocycles. The number of amides is 2. The van der Waals surface area contributed by atoms with Gasteiger partial charge in [0.1, 0.15) is 12.6 Å². The highest BCUT2D eigenvalue weighted by atomic mass is 16.5. The summed E-state index contributed by atoms with van der Waals surface area (Å²) < 4.78 is 4.71. The van der Waals surface area contributed by atoms with Gasteiger partial charge < -0.3 is 15.4 Å². The third-order valence-electron chi connectivity index (χ3n) is 2.36. The van der Waals surface area contributed by atoms with Gasteiger partial charge in [-0.05, 0) is 17.7 Å². The van der Waals surface area contributed by atoms with Crippen LogP contribution in [0, 0.1) is 0 Å². The van der Waals surface area contributed by atoms with Crippen molar-refractivity contribution in [2.24, 2.45) is 0 Å². The lowest BCUT2D eigenvalue weighted by Crippen LogP contribution is -2.48. The molecule has 0 spiro atoms. The van der Waals surface area contributed by atoms with Gasteiger partial charge in [0.15, 0.2) is 0 Å². The molecule has 0 aliphatic carbocycles. The molecule has 1 aromatic heterocycles. The number of nitrogens with one attached hydrogen (secondary N) is 2. The van der Waals surface area contributed by atoms with E-state index in [0.29, 0.717) is 6.42 Å². The minimum absolute atomic E-state index is 0.0656. The zero-order valence-electron chi connectivity index (χ0n) is 10.5. The van der Waals surface area contributed by atoms with Crippen molar-refractivity contribution >= 4 is 11.8 Å². The predicted octanol–water partition coefficient (Wildman–Crippen LogP) is -0.499. The Hall–Kier alpha value is -1.95. The second-order valence-electron chi connectivity index (χ2n) is 3.73. The number of likely N-dealkylation sites (N-methyl/N-ethyl adjacent to an activating group) is 1. The van der Waals surface area contributed by atoms with Crippen molar-refractivity contribution in [3.05, 3.63) is 30.1 Å². The van der Waals surface area contributed by atoms with Crippen molar-refractivity contribution < 1.29 is 14.3 Å². The Labute approximate surface area is 106 Å². The van der Waals surface area contributed by atoms with Crippen molar-refractivity contribution in [1.29, 1.82) is 0 Å². The number of nitrogens with zero attached hydrogens (tertiary/aromatic N) is 1. The van der Waals surface area contributed by atoms with Gasteiger partial charge >= 0.3 is 0 Å². The third kappa shape index (κ3) is 4.50. The summed E-state index contributed by atoms with van der Waals surface area (Å²) in [4.78, 5) is 27.0. The molecule has 6 heteroatoms. The van der Waals surface area contributed by atoms with Gasteiger partial charge in [-0.15, -0.1) is 0 Å². The van der Waals surface area contributed by atoms with Crippen LogP contribution in [0.1, 0.15) is 5.56 Å². The molecule has 0 bridgehead atoms. The Balaban J connectivity index is 2.67. The fourth-order valence-electron chi connectivity index (χ4n) is 1.51. The summed E-state index contributed by atoms with van der Waals surface area (Å²) in [5, 5.41) is 5.14. The lowest BCUT2D eigenvalue weighted by molar-refractivity contribution is -0.130. The number of rotatable bonds is 6. The summed E-state index contributed by atoms with van der Waals surface area (Å²) >= 11 is 0. The molecular weight excluding hydrogens is 234 g/mol. The van der Waals surface area contributed by atoms with E-state index < -0.39 is 6.04 Å². The number of methoxy groups -OCH3 is 1. The summed E-state index contributed by atoms with van der Waals surface area (Å²) in [6.07, 6.45) is 3.71. The van der Waals surface area contributed by atoms with Crippen LogP contribution in [-0.4, -0.2) is 43.6 Å². The molecule has 0 aromatic carbocycles. The fraction of sp³-hybridized carbons (Fsp3) is 0.417. The molecule has 1 heterocycles. The first-order valence-corrected chi connectivity index (χ1v) is 5.56. The van der Waals surface area contributed by atoms with Crippen LogP contribution in [0.5, 0.6) is 0 Å². The lowest BCUT2D eigenvalue weighted by Gasteiger charge is -2.17. The summed E-state index contributed by atoms with van der Waals surface area (Å²) in [5.41, 5.74) is 0.927. The Morgan fingerprint density at radius 1 is 1.39 bits per heavy atom. The van der Waals surface area contributed by atoms with Gasteiger partial charge in [-0.25, -0.2) is 0 Å². The summed E-state index contributed by atoms with van der Waals surface area (Å²) in [6.45, 7) is -0.0656. The molecule has 0 radical (unpaired) electrons. The van der Waals surface area contributed by atoms with Gasteiger partial charge in [-0.2, -0.15) is 0 Å². The summed E-state index contributed by atoms with van der Waals surface area (Å²) in [5.74, 6) is -0.559. The number of carbonyl (C=O) groups excluding carboxylic acids is 2. The minimum Gasteiger partial charge on any atom is -0.375 e. The van der Waals surface area contributed by atoms with Gasteiger partial charge in [0, 0.05) is 33.0 Å². The monoisotopic (exact) mass is 251 g/mol. The summed E-state index contributed by atoms with van der Waals surface area (Å²) in [6, 6.07) is 3.00. The Morgan fingerprint density at radius 2 is 2.06 bits per heavy atom. The molecule has 98 valence electrons. The van der Waals surface area contributed by atoms with Crippen LogP contribution in [0.2, 0.25) is 0 Å². The zero-order chi connectivity index (χ0) is 13.4. The van der Waals surface area contributed by atoms with Crippen molar-refractivity contribution in [2.45, 2.75) is 12.5 Å². The molecule has 18 heavy (non-hydrogen) atoms. The average Bonchev–Trinajstić information content (AvgIpc) is 2.38. The van der Waals surface area contributed by atoms with E-state index >= 15 is 0 Å². The van der Waals surface area contributed by atoms with Gasteiger partial charge in [0.25, 0.3) is 0 Å². The van der Waals surface area contributed by atoms with Crippen LogP contribution in [0.15, 0.2) is 24.5 Å². The van der Waals surface area contributed by atoms with Crippen LogP contribution in [0.4, 0.5) is 0 Å². The Kier molecular flexibility index (Phi) is 5.79. The van der Waals surface area contributed by atoms with Crippen molar-refractivity contribution in [3.8, 4) is 0 Å². The first-order chi connectivity index (χ1) is 8.67. The first kappa shape index (κ1) is 14.1. The topological polar surface area (TPSA) is 80.3 Å². The quantitative estimate of drug-likeness (QED) is 0.714. The van der Waals surface area contributed by atoms with E-state index in [1.807, 2.05) is 0 Å². The van der Waals surface area contributed by atoms with Crippen molar-refractivity contribution in [1.82, 2.24) is 15.6 Å². The van der Waals surface area contributed by atoms with E-state index in [4.69, 9.17) is 4.74 Å². The summed E-state index contributed by atoms with van der Waals surface area (Å²) in [7, 11) is 2.96. The zero-order valence-corrected chi connectivity index (χ0v) is 10.5. The van der Waals surface area contributed by atoms with E-state index in [1.54, 1.807) is 24.5 Å². The maximum absolute atomic E-state index is 11.7. The average molecular weight is 251 g/mol. The molecule has 0 aliphatic rings.